The summed E-state index contributed by atoms with van der Waals surface area (Å²) in [5.41, 5.74) is 1.60. The molecule has 4 nitrogen and oxygen atoms in total. The van der Waals surface area contributed by atoms with Crippen molar-refractivity contribution in [2.75, 3.05) is 18.0 Å². The molecule has 4 heteroatoms. The lowest BCUT2D eigenvalue weighted by atomic mass is 10.0. The van der Waals surface area contributed by atoms with E-state index in [-0.39, 0.29) is 17.7 Å². The average Bonchev–Trinajstić information content (AvgIpc) is 2.42. The Morgan fingerprint density at radius 3 is 2.89 bits per heavy atom. The molecule has 1 amide bonds. The van der Waals surface area contributed by atoms with Gasteiger partial charge in [0.05, 0.1) is 6.54 Å². The molecule has 19 heavy (non-hydrogen) atoms. The second-order valence-electron chi connectivity index (χ2n) is 4.99. The minimum Gasteiger partial charge on any atom is -0.361 e. The lowest BCUT2D eigenvalue weighted by molar-refractivity contribution is -0.120. The molecule has 0 saturated heterocycles. The predicted octanol–water partition coefficient (Wildman–Crippen LogP) is 1.99. The van der Waals surface area contributed by atoms with Crippen LogP contribution < -0.4 is 10.2 Å². The van der Waals surface area contributed by atoms with Gasteiger partial charge in [0.25, 0.3) is 0 Å². The quantitative estimate of drug-likeness (QED) is 0.900. The molecule has 1 N–H and O–H groups in total. The first-order valence-electron chi connectivity index (χ1n) is 6.78. The van der Waals surface area contributed by atoms with Gasteiger partial charge in [-0.05, 0) is 25.5 Å². The first kappa shape index (κ1) is 13.6. The van der Waals surface area contributed by atoms with Crippen molar-refractivity contribution in [3.8, 4) is 0 Å². The molecule has 1 aliphatic heterocycles. The summed E-state index contributed by atoms with van der Waals surface area (Å²) in [6.45, 7) is 4.96. The van der Waals surface area contributed by atoms with Crippen molar-refractivity contribution in [2.24, 2.45) is 0 Å². The minimum atomic E-state index is 0.0125. The smallest absolute Gasteiger partial charge is 0.239 e. The summed E-state index contributed by atoms with van der Waals surface area (Å²) in [6.07, 6.45) is 1.40. The van der Waals surface area contributed by atoms with Crippen LogP contribution in [0.25, 0.3) is 0 Å². The van der Waals surface area contributed by atoms with Gasteiger partial charge in [-0.1, -0.05) is 19.1 Å². The third kappa shape index (κ3) is 3.13. The van der Waals surface area contributed by atoms with Crippen molar-refractivity contribution in [3.63, 3.8) is 0 Å². The lowest BCUT2D eigenvalue weighted by Gasteiger charge is -2.30. The summed E-state index contributed by atoms with van der Waals surface area (Å²) in [7, 11) is 0. The fourth-order valence-corrected chi connectivity index (χ4v) is 2.24. The number of carbonyl (C=O) groups is 2. The number of nitrogens with one attached hydrogen (secondary N) is 1. The van der Waals surface area contributed by atoms with Gasteiger partial charge in [-0.2, -0.15) is 0 Å². The molecular weight excluding hydrogens is 240 g/mol. The Kier molecular flexibility index (Phi) is 4.20. The molecule has 0 fully saturated rings. The van der Waals surface area contributed by atoms with Crippen LogP contribution in [-0.2, 0) is 4.79 Å². The van der Waals surface area contributed by atoms with Crippen molar-refractivity contribution >= 4 is 17.4 Å². The summed E-state index contributed by atoms with van der Waals surface area (Å²) >= 11 is 0. The van der Waals surface area contributed by atoms with Crippen LogP contribution in [0.15, 0.2) is 24.3 Å². The fraction of sp³-hybridized carbons (Fsp3) is 0.467. The normalized spacial score (nSPS) is 15.9. The van der Waals surface area contributed by atoms with Gasteiger partial charge in [0.1, 0.15) is 0 Å². The molecular formula is C15H20N2O2. The van der Waals surface area contributed by atoms with Crippen molar-refractivity contribution in [1.82, 2.24) is 5.32 Å². The highest BCUT2D eigenvalue weighted by molar-refractivity contribution is 6.04. The zero-order valence-electron chi connectivity index (χ0n) is 11.5. The molecule has 1 unspecified atom stereocenters. The number of nitrogens with zero attached hydrogens (tertiary/aromatic N) is 1. The van der Waals surface area contributed by atoms with E-state index in [1.165, 1.54) is 0 Å². The molecule has 102 valence electrons. The van der Waals surface area contributed by atoms with Gasteiger partial charge >= 0.3 is 0 Å². The SMILES string of the molecule is CCC(C)NC(=O)CN1CCC(=O)c2ccccc21. The van der Waals surface area contributed by atoms with E-state index in [2.05, 4.69) is 5.32 Å². The topological polar surface area (TPSA) is 49.4 Å². The number of Topliss-reactive ketones (excluding diaryl/α,β-unsaturated/α-hetero) is 1. The highest BCUT2D eigenvalue weighted by atomic mass is 16.2. The molecule has 0 spiro atoms. The summed E-state index contributed by atoms with van der Waals surface area (Å²) in [4.78, 5) is 25.7. The first-order valence-corrected chi connectivity index (χ1v) is 6.78. The number of hydrogen-bond donors (Lipinski definition) is 1. The van der Waals surface area contributed by atoms with Gasteiger partial charge in [-0.25, -0.2) is 0 Å². The van der Waals surface area contributed by atoms with E-state index in [4.69, 9.17) is 0 Å². The number of ketones is 1. The largest absolute Gasteiger partial charge is 0.361 e. The number of benzene rings is 1. The van der Waals surface area contributed by atoms with E-state index >= 15 is 0 Å². The standard InChI is InChI=1S/C15H20N2O2/c1-3-11(2)16-15(19)10-17-9-8-14(18)12-6-4-5-7-13(12)17/h4-7,11H,3,8-10H2,1-2H3,(H,16,19). The monoisotopic (exact) mass is 260 g/mol. The number of anilines is 1. The van der Waals surface area contributed by atoms with Gasteiger partial charge < -0.3 is 10.2 Å². The van der Waals surface area contributed by atoms with Crippen LogP contribution in [0.1, 0.15) is 37.0 Å². The van der Waals surface area contributed by atoms with Crippen LogP contribution in [-0.4, -0.2) is 30.8 Å². The zero-order valence-corrected chi connectivity index (χ0v) is 11.5. The Labute approximate surface area is 113 Å². The van der Waals surface area contributed by atoms with E-state index in [0.717, 1.165) is 17.7 Å². The van der Waals surface area contributed by atoms with Crippen LogP contribution in [0.3, 0.4) is 0 Å². The minimum absolute atomic E-state index is 0.0125. The second-order valence-corrected chi connectivity index (χ2v) is 4.99. The average molecular weight is 260 g/mol. The number of hydrogen-bond acceptors (Lipinski definition) is 3. The third-order valence-electron chi connectivity index (χ3n) is 3.51. The second kappa shape index (κ2) is 5.87. The molecule has 0 aliphatic carbocycles. The molecule has 1 aromatic carbocycles. The molecule has 0 bridgehead atoms. The van der Waals surface area contributed by atoms with Crippen LogP contribution in [0.2, 0.25) is 0 Å². The maximum Gasteiger partial charge on any atom is 0.239 e. The number of amides is 1. The summed E-state index contributed by atoms with van der Waals surface area (Å²) in [5, 5.41) is 2.95. The Morgan fingerprint density at radius 2 is 2.16 bits per heavy atom. The van der Waals surface area contributed by atoms with Crippen molar-refractivity contribution < 1.29 is 9.59 Å². The van der Waals surface area contributed by atoms with Gasteiger partial charge in [-0.3, -0.25) is 9.59 Å². The van der Waals surface area contributed by atoms with Crippen molar-refractivity contribution in [3.05, 3.63) is 29.8 Å². The van der Waals surface area contributed by atoms with Crippen molar-refractivity contribution in [2.45, 2.75) is 32.7 Å². The van der Waals surface area contributed by atoms with E-state index in [9.17, 15) is 9.59 Å². The van der Waals surface area contributed by atoms with Gasteiger partial charge in [0.15, 0.2) is 5.78 Å². The van der Waals surface area contributed by atoms with Gasteiger partial charge in [0, 0.05) is 30.3 Å². The molecule has 1 aliphatic rings. The Hall–Kier alpha value is -1.84. The summed E-state index contributed by atoms with van der Waals surface area (Å²) in [6, 6.07) is 7.68. The molecule has 1 heterocycles. The summed E-state index contributed by atoms with van der Waals surface area (Å²) < 4.78 is 0. The highest BCUT2D eigenvalue weighted by Crippen LogP contribution is 2.26. The number of fused-ring (bicyclic) bond motifs is 1. The molecule has 0 saturated carbocycles. The van der Waals surface area contributed by atoms with Gasteiger partial charge in [-0.15, -0.1) is 0 Å². The van der Waals surface area contributed by atoms with Crippen LogP contribution >= 0.6 is 0 Å². The molecule has 0 aromatic heterocycles. The third-order valence-corrected chi connectivity index (χ3v) is 3.51. The fourth-order valence-electron chi connectivity index (χ4n) is 2.24. The maximum absolute atomic E-state index is 11.9. The van der Waals surface area contributed by atoms with Crippen LogP contribution in [0, 0.1) is 0 Å². The molecule has 0 radical (unpaired) electrons. The maximum atomic E-state index is 11.9. The zero-order chi connectivity index (χ0) is 13.8. The van der Waals surface area contributed by atoms with E-state index < -0.39 is 0 Å². The lowest BCUT2D eigenvalue weighted by Crippen LogP contribution is -2.43. The number of carbonyl (C=O) groups excluding carboxylic acids is 2. The number of rotatable bonds is 4. The Morgan fingerprint density at radius 1 is 1.42 bits per heavy atom. The number of para-hydroxylation sites is 1. The molecule has 1 atom stereocenters. The van der Waals surface area contributed by atoms with Crippen LogP contribution in [0.4, 0.5) is 5.69 Å². The first-order chi connectivity index (χ1) is 9.11. The highest BCUT2D eigenvalue weighted by Gasteiger charge is 2.23. The van der Waals surface area contributed by atoms with E-state index in [0.29, 0.717) is 19.5 Å². The predicted molar refractivity (Wildman–Crippen MR) is 75.5 cm³/mol. The van der Waals surface area contributed by atoms with Crippen LogP contribution in [0.5, 0.6) is 0 Å². The van der Waals surface area contributed by atoms with E-state index in [1.54, 1.807) is 0 Å². The molecule has 2 rings (SSSR count). The Bertz CT molecular complexity index is 485. The Balaban J connectivity index is 2.08. The molecule has 1 aromatic rings. The van der Waals surface area contributed by atoms with Gasteiger partial charge in [0.2, 0.25) is 5.91 Å². The van der Waals surface area contributed by atoms with E-state index in [1.807, 2.05) is 43.0 Å². The van der Waals surface area contributed by atoms with Crippen molar-refractivity contribution in [1.29, 1.82) is 0 Å². The summed E-state index contributed by atoms with van der Waals surface area (Å²) in [5.74, 6) is 0.174.